The fraction of sp³-hybridized carbons (Fsp3) is 0.118. The number of nitrogens with one attached hydrogen (secondary N) is 1. The second-order valence-corrected chi connectivity index (χ2v) is 5.76. The lowest BCUT2D eigenvalue weighted by Crippen LogP contribution is -2.08. The summed E-state index contributed by atoms with van der Waals surface area (Å²) in [5.41, 5.74) is 2.90. The van der Waals surface area contributed by atoms with Crippen molar-refractivity contribution in [3.05, 3.63) is 70.3 Å². The Balaban J connectivity index is 1.96. The molecule has 0 aliphatic rings. The van der Waals surface area contributed by atoms with Crippen molar-refractivity contribution >= 4 is 39.8 Å². The molecule has 0 bridgehead atoms. The van der Waals surface area contributed by atoms with E-state index < -0.39 is 0 Å². The standard InChI is InChI=1S/C17H14Cl2N2/c1-11(14-10-13(18)7-8-15(14)19)21-16-6-2-4-12-5-3-9-20-17(12)16/h2-11,21H,1H3. The quantitative estimate of drug-likeness (QED) is 0.669. The summed E-state index contributed by atoms with van der Waals surface area (Å²) < 4.78 is 0. The molecule has 0 radical (unpaired) electrons. The van der Waals surface area contributed by atoms with E-state index in [1.807, 2.05) is 42.5 Å². The molecule has 4 heteroatoms. The van der Waals surface area contributed by atoms with E-state index in [1.54, 1.807) is 12.3 Å². The van der Waals surface area contributed by atoms with Gasteiger partial charge >= 0.3 is 0 Å². The maximum atomic E-state index is 6.26. The molecule has 1 aromatic heterocycles. The van der Waals surface area contributed by atoms with E-state index in [9.17, 15) is 0 Å². The predicted octanol–water partition coefficient (Wildman–Crippen LogP) is 5.71. The van der Waals surface area contributed by atoms with Crippen LogP contribution < -0.4 is 5.32 Å². The molecule has 2 nitrogen and oxygen atoms in total. The number of nitrogens with zero attached hydrogens (tertiary/aromatic N) is 1. The summed E-state index contributed by atoms with van der Waals surface area (Å²) in [5.74, 6) is 0. The average Bonchev–Trinajstić information content (AvgIpc) is 2.50. The summed E-state index contributed by atoms with van der Waals surface area (Å²) in [6, 6.07) is 15.6. The summed E-state index contributed by atoms with van der Waals surface area (Å²) in [4.78, 5) is 4.45. The van der Waals surface area contributed by atoms with E-state index in [-0.39, 0.29) is 6.04 Å². The van der Waals surface area contributed by atoms with Crippen LogP contribution in [-0.4, -0.2) is 4.98 Å². The van der Waals surface area contributed by atoms with Crippen LogP contribution in [0.15, 0.2) is 54.7 Å². The lowest BCUT2D eigenvalue weighted by atomic mass is 10.1. The minimum absolute atomic E-state index is 0.0313. The van der Waals surface area contributed by atoms with E-state index in [0.29, 0.717) is 10.0 Å². The Morgan fingerprint density at radius 2 is 1.86 bits per heavy atom. The molecule has 0 aliphatic heterocycles. The van der Waals surface area contributed by atoms with Gasteiger partial charge in [-0.3, -0.25) is 4.98 Å². The van der Waals surface area contributed by atoms with Crippen LogP contribution in [0.3, 0.4) is 0 Å². The normalized spacial score (nSPS) is 12.3. The van der Waals surface area contributed by atoms with E-state index in [2.05, 4.69) is 17.2 Å². The summed E-state index contributed by atoms with van der Waals surface area (Å²) in [7, 11) is 0. The van der Waals surface area contributed by atoms with Gasteiger partial charge in [-0.15, -0.1) is 0 Å². The molecule has 0 saturated heterocycles. The predicted molar refractivity (Wildman–Crippen MR) is 90.2 cm³/mol. The molecular formula is C17H14Cl2N2. The van der Waals surface area contributed by atoms with Crippen LogP contribution >= 0.6 is 23.2 Å². The van der Waals surface area contributed by atoms with Gasteiger partial charge in [-0.2, -0.15) is 0 Å². The van der Waals surface area contributed by atoms with Gasteiger partial charge in [0, 0.05) is 21.6 Å². The van der Waals surface area contributed by atoms with Crippen molar-refractivity contribution in [3.63, 3.8) is 0 Å². The molecule has 1 N–H and O–H groups in total. The maximum Gasteiger partial charge on any atom is 0.0933 e. The van der Waals surface area contributed by atoms with Crippen LogP contribution in [0, 0.1) is 0 Å². The van der Waals surface area contributed by atoms with Crippen molar-refractivity contribution in [2.45, 2.75) is 13.0 Å². The van der Waals surface area contributed by atoms with Gasteiger partial charge in [0.15, 0.2) is 0 Å². The maximum absolute atomic E-state index is 6.26. The Kier molecular flexibility index (Phi) is 4.00. The highest BCUT2D eigenvalue weighted by molar-refractivity contribution is 6.33. The molecule has 0 fully saturated rings. The smallest absolute Gasteiger partial charge is 0.0933 e. The fourth-order valence-electron chi connectivity index (χ4n) is 2.38. The molecule has 106 valence electrons. The average molecular weight is 317 g/mol. The van der Waals surface area contributed by atoms with Crippen LogP contribution in [0.1, 0.15) is 18.5 Å². The molecule has 0 spiro atoms. The zero-order valence-corrected chi connectivity index (χ0v) is 13.0. The van der Waals surface area contributed by atoms with Gasteiger partial charge in [0.25, 0.3) is 0 Å². The van der Waals surface area contributed by atoms with E-state index in [1.165, 1.54) is 0 Å². The van der Waals surface area contributed by atoms with Gasteiger partial charge in [0.2, 0.25) is 0 Å². The molecule has 0 aliphatic carbocycles. The summed E-state index contributed by atoms with van der Waals surface area (Å²) in [6.45, 7) is 2.05. The van der Waals surface area contributed by atoms with Crippen LogP contribution in [0.4, 0.5) is 5.69 Å². The van der Waals surface area contributed by atoms with Crippen molar-refractivity contribution in [2.75, 3.05) is 5.32 Å². The SMILES string of the molecule is CC(Nc1cccc2cccnc12)c1cc(Cl)ccc1Cl. The number of hydrogen-bond donors (Lipinski definition) is 1. The van der Waals surface area contributed by atoms with Gasteiger partial charge in [-0.05, 0) is 42.8 Å². The Morgan fingerprint density at radius 3 is 2.71 bits per heavy atom. The second kappa shape index (κ2) is 5.92. The first-order valence-electron chi connectivity index (χ1n) is 6.70. The zero-order chi connectivity index (χ0) is 14.8. The lowest BCUT2D eigenvalue weighted by Gasteiger charge is -2.18. The lowest BCUT2D eigenvalue weighted by molar-refractivity contribution is 0.886. The third kappa shape index (κ3) is 2.97. The molecule has 3 rings (SSSR count). The monoisotopic (exact) mass is 316 g/mol. The summed E-state index contributed by atoms with van der Waals surface area (Å²) in [6.07, 6.45) is 1.80. The molecule has 0 amide bonds. The molecule has 3 aromatic rings. The van der Waals surface area contributed by atoms with Gasteiger partial charge in [0.1, 0.15) is 0 Å². The van der Waals surface area contributed by atoms with Gasteiger partial charge < -0.3 is 5.32 Å². The number of anilines is 1. The topological polar surface area (TPSA) is 24.9 Å². The van der Waals surface area contributed by atoms with Crippen molar-refractivity contribution in [1.82, 2.24) is 4.98 Å². The molecule has 2 aromatic carbocycles. The highest BCUT2D eigenvalue weighted by Crippen LogP contribution is 2.30. The summed E-state index contributed by atoms with van der Waals surface area (Å²) in [5, 5.41) is 5.95. The van der Waals surface area contributed by atoms with Crippen LogP contribution in [0.2, 0.25) is 10.0 Å². The van der Waals surface area contributed by atoms with Crippen molar-refractivity contribution in [2.24, 2.45) is 0 Å². The molecule has 1 atom stereocenters. The number of para-hydroxylation sites is 1. The molecule has 1 unspecified atom stereocenters. The number of fused-ring (bicyclic) bond motifs is 1. The van der Waals surface area contributed by atoms with Crippen molar-refractivity contribution < 1.29 is 0 Å². The number of aromatic nitrogens is 1. The molecule has 0 saturated carbocycles. The fourth-order valence-corrected chi connectivity index (χ4v) is 2.84. The second-order valence-electron chi connectivity index (χ2n) is 4.91. The zero-order valence-electron chi connectivity index (χ0n) is 11.5. The molecule has 21 heavy (non-hydrogen) atoms. The largest absolute Gasteiger partial charge is 0.377 e. The molecular weight excluding hydrogens is 303 g/mol. The van der Waals surface area contributed by atoms with Crippen LogP contribution in [0.25, 0.3) is 10.9 Å². The Labute approximate surface area is 133 Å². The minimum atomic E-state index is 0.0313. The first-order chi connectivity index (χ1) is 10.1. The third-order valence-electron chi connectivity index (χ3n) is 3.43. The van der Waals surface area contributed by atoms with Crippen molar-refractivity contribution in [1.29, 1.82) is 0 Å². The Bertz CT molecular complexity index is 781. The van der Waals surface area contributed by atoms with Crippen LogP contribution in [0.5, 0.6) is 0 Å². The third-order valence-corrected chi connectivity index (χ3v) is 4.01. The number of halogens is 2. The first kappa shape index (κ1) is 14.2. The van der Waals surface area contributed by atoms with Crippen LogP contribution in [-0.2, 0) is 0 Å². The Morgan fingerprint density at radius 1 is 1.05 bits per heavy atom. The minimum Gasteiger partial charge on any atom is -0.377 e. The highest BCUT2D eigenvalue weighted by atomic mass is 35.5. The first-order valence-corrected chi connectivity index (χ1v) is 7.46. The van der Waals surface area contributed by atoms with E-state index in [4.69, 9.17) is 23.2 Å². The molecule has 1 heterocycles. The van der Waals surface area contributed by atoms with E-state index in [0.717, 1.165) is 22.2 Å². The number of pyridine rings is 1. The van der Waals surface area contributed by atoms with Gasteiger partial charge in [0.05, 0.1) is 17.2 Å². The number of rotatable bonds is 3. The van der Waals surface area contributed by atoms with Gasteiger partial charge in [-0.1, -0.05) is 41.4 Å². The number of hydrogen-bond acceptors (Lipinski definition) is 2. The van der Waals surface area contributed by atoms with Gasteiger partial charge in [-0.25, -0.2) is 0 Å². The van der Waals surface area contributed by atoms with Crippen molar-refractivity contribution in [3.8, 4) is 0 Å². The Hall–Kier alpha value is -1.77. The highest BCUT2D eigenvalue weighted by Gasteiger charge is 2.12. The summed E-state index contributed by atoms with van der Waals surface area (Å²) >= 11 is 12.3. The number of benzene rings is 2. The van der Waals surface area contributed by atoms with E-state index >= 15 is 0 Å².